The molecule has 0 aromatic heterocycles. The molecular weight excluding hydrogens is 444 g/mol. The van der Waals surface area contributed by atoms with Gasteiger partial charge >= 0.3 is 6.09 Å². The highest BCUT2D eigenvalue weighted by Crippen LogP contribution is 2.44. The first-order valence-corrected chi connectivity index (χ1v) is 13.2. The predicted molar refractivity (Wildman–Crippen MR) is 141 cm³/mol. The lowest BCUT2D eigenvalue weighted by atomic mass is 9.98. The zero-order valence-corrected chi connectivity index (χ0v) is 21.0. The molecule has 0 saturated heterocycles. The van der Waals surface area contributed by atoms with Gasteiger partial charge in [-0.15, -0.1) is 0 Å². The fourth-order valence-corrected chi connectivity index (χ4v) is 4.98. The van der Waals surface area contributed by atoms with Crippen LogP contribution in [0.4, 0.5) is 4.79 Å². The van der Waals surface area contributed by atoms with E-state index < -0.39 is 12.0 Å². The summed E-state index contributed by atoms with van der Waals surface area (Å²) in [5.74, 6) is 0.458. The molecule has 5 nitrogen and oxygen atoms in total. The Kier molecular flexibility index (Phi) is 10.8. The first kappa shape index (κ1) is 26.1. The number of nitrogens with two attached hydrogens (primary N) is 1. The number of hydrogen-bond acceptors (Lipinski definition) is 4. The highest BCUT2D eigenvalue weighted by molar-refractivity contribution is 7.80. The number of unbranched alkanes of at least 4 members (excludes halogenated alkanes) is 8. The lowest BCUT2D eigenvalue weighted by Gasteiger charge is -2.22. The smallest absolute Gasteiger partial charge is 0.410 e. The van der Waals surface area contributed by atoms with Crippen molar-refractivity contribution in [1.29, 1.82) is 0 Å². The third kappa shape index (κ3) is 7.52. The van der Waals surface area contributed by atoms with Crippen LogP contribution in [0.1, 0.15) is 74.8 Å². The Balaban J connectivity index is 1.45. The summed E-state index contributed by atoms with van der Waals surface area (Å²) in [7, 11) is 0. The van der Waals surface area contributed by atoms with E-state index in [1.807, 2.05) is 24.3 Å². The van der Waals surface area contributed by atoms with Crippen LogP contribution in [0.15, 0.2) is 48.5 Å². The number of thiol groups is 1. The fraction of sp³-hybridized carbons (Fsp3) is 0.500. The summed E-state index contributed by atoms with van der Waals surface area (Å²) in [5.41, 5.74) is 10.1. The maximum atomic E-state index is 12.8. The molecule has 2 N–H and O–H groups in total. The van der Waals surface area contributed by atoms with E-state index in [0.717, 1.165) is 25.0 Å². The van der Waals surface area contributed by atoms with Gasteiger partial charge in [-0.2, -0.15) is 12.6 Å². The SMILES string of the molecule is NC(=O)CN(CCCCCCCCCCCS)C(=O)OCC1c2ccccc2-c2ccccc21. The van der Waals surface area contributed by atoms with Crippen molar-refractivity contribution < 1.29 is 14.3 Å². The first-order chi connectivity index (χ1) is 16.6. The van der Waals surface area contributed by atoms with Gasteiger partial charge in [-0.3, -0.25) is 9.69 Å². The van der Waals surface area contributed by atoms with Crippen molar-refractivity contribution in [1.82, 2.24) is 4.90 Å². The Morgan fingerprint density at radius 3 is 1.82 bits per heavy atom. The molecule has 0 atom stereocenters. The van der Waals surface area contributed by atoms with E-state index in [9.17, 15) is 9.59 Å². The van der Waals surface area contributed by atoms with Crippen LogP contribution in [-0.4, -0.2) is 42.3 Å². The van der Waals surface area contributed by atoms with Gasteiger partial charge in [0, 0.05) is 12.5 Å². The summed E-state index contributed by atoms with van der Waals surface area (Å²) in [4.78, 5) is 25.8. The maximum Gasteiger partial charge on any atom is 0.410 e. The molecule has 3 rings (SSSR count). The van der Waals surface area contributed by atoms with Crippen molar-refractivity contribution >= 4 is 24.6 Å². The summed E-state index contributed by atoms with van der Waals surface area (Å²) >= 11 is 4.25. The number of primary amides is 1. The van der Waals surface area contributed by atoms with E-state index in [1.165, 1.54) is 65.7 Å². The van der Waals surface area contributed by atoms with E-state index in [-0.39, 0.29) is 19.1 Å². The second kappa shape index (κ2) is 14.1. The van der Waals surface area contributed by atoms with Gasteiger partial charge in [0.2, 0.25) is 5.91 Å². The van der Waals surface area contributed by atoms with Crippen molar-refractivity contribution in [2.75, 3.05) is 25.4 Å². The third-order valence-electron chi connectivity index (χ3n) is 6.53. The molecule has 34 heavy (non-hydrogen) atoms. The minimum absolute atomic E-state index is 0.000429. The Morgan fingerprint density at radius 2 is 1.29 bits per heavy atom. The third-order valence-corrected chi connectivity index (χ3v) is 6.84. The van der Waals surface area contributed by atoms with Gasteiger partial charge in [-0.05, 0) is 40.8 Å². The molecule has 2 aromatic rings. The normalized spacial score (nSPS) is 12.3. The highest BCUT2D eigenvalue weighted by atomic mass is 32.1. The lowest BCUT2D eigenvalue weighted by Crippen LogP contribution is -2.39. The monoisotopic (exact) mass is 482 g/mol. The summed E-state index contributed by atoms with van der Waals surface area (Å²) in [6.07, 6.45) is 10.0. The molecule has 0 unspecified atom stereocenters. The molecular formula is C28H38N2O3S. The van der Waals surface area contributed by atoms with Crippen molar-refractivity contribution in [3.05, 3.63) is 59.7 Å². The quantitative estimate of drug-likeness (QED) is 0.236. The van der Waals surface area contributed by atoms with Gasteiger partial charge in [-0.25, -0.2) is 4.79 Å². The zero-order chi connectivity index (χ0) is 24.2. The minimum atomic E-state index is -0.519. The van der Waals surface area contributed by atoms with Crippen LogP contribution in [0.3, 0.4) is 0 Å². The van der Waals surface area contributed by atoms with Crippen molar-refractivity contribution in [3.63, 3.8) is 0 Å². The maximum absolute atomic E-state index is 12.8. The van der Waals surface area contributed by atoms with Crippen molar-refractivity contribution in [2.45, 2.75) is 63.7 Å². The van der Waals surface area contributed by atoms with E-state index >= 15 is 0 Å². The Bertz CT molecular complexity index is 888. The molecule has 1 aliphatic carbocycles. The number of rotatable bonds is 15. The summed E-state index contributed by atoms with van der Waals surface area (Å²) in [6, 6.07) is 16.5. The number of hydrogen-bond donors (Lipinski definition) is 2. The van der Waals surface area contributed by atoms with Gasteiger partial charge < -0.3 is 10.5 Å². The molecule has 0 heterocycles. The molecule has 2 aromatic carbocycles. The molecule has 2 amide bonds. The van der Waals surface area contributed by atoms with Crippen LogP contribution in [0, 0.1) is 0 Å². The molecule has 0 saturated carbocycles. The number of amides is 2. The molecule has 0 spiro atoms. The van der Waals surface area contributed by atoms with Crippen molar-refractivity contribution in [3.8, 4) is 11.1 Å². The minimum Gasteiger partial charge on any atom is -0.448 e. The molecule has 6 heteroatoms. The van der Waals surface area contributed by atoms with Gasteiger partial charge in [0.1, 0.15) is 13.2 Å². The summed E-state index contributed by atoms with van der Waals surface area (Å²) < 4.78 is 5.72. The average molecular weight is 483 g/mol. The molecule has 0 fully saturated rings. The van der Waals surface area contributed by atoms with E-state index in [2.05, 4.69) is 36.9 Å². The molecule has 1 aliphatic rings. The van der Waals surface area contributed by atoms with Crippen LogP contribution >= 0.6 is 12.6 Å². The second-order valence-corrected chi connectivity index (χ2v) is 9.54. The Morgan fingerprint density at radius 1 is 0.794 bits per heavy atom. The number of carbonyl (C=O) groups excluding carboxylic acids is 2. The van der Waals surface area contributed by atoms with E-state index in [1.54, 1.807) is 0 Å². The number of ether oxygens (including phenoxy) is 1. The molecule has 184 valence electrons. The molecule has 0 radical (unpaired) electrons. The van der Waals surface area contributed by atoms with Gasteiger partial charge in [0.05, 0.1) is 0 Å². The fourth-order valence-electron chi connectivity index (χ4n) is 4.76. The summed E-state index contributed by atoms with van der Waals surface area (Å²) in [5, 5.41) is 0. The molecule has 0 bridgehead atoms. The standard InChI is InChI=1S/C28H38N2O3S/c29-27(31)20-30(18-12-6-4-2-1-3-5-7-13-19-34)28(32)33-21-26-24-16-10-8-14-22(24)23-15-9-11-17-25(23)26/h8-11,14-17,26,34H,1-7,12-13,18-21H2,(H2,29,31). The van der Waals surface area contributed by atoms with Crippen LogP contribution in [-0.2, 0) is 9.53 Å². The first-order valence-electron chi connectivity index (χ1n) is 12.6. The van der Waals surface area contributed by atoms with Gasteiger partial charge in [0.25, 0.3) is 0 Å². The van der Waals surface area contributed by atoms with Crippen molar-refractivity contribution in [2.24, 2.45) is 5.73 Å². The van der Waals surface area contributed by atoms with Crippen LogP contribution in [0.2, 0.25) is 0 Å². The van der Waals surface area contributed by atoms with E-state index in [4.69, 9.17) is 10.5 Å². The predicted octanol–water partition coefficient (Wildman–Crippen LogP) is 6.16. The number of fused-ring (bicyclic) bond motifs is 3. The topological polar surface area (TPSA) is 72.6 Å². The van der Waals surface area contributed by atoms with Crippen LogP contribution in [0.25, 0.3) is 11.1 Å². The molecule has 0 aliphatic heterocycles. The average Bonchev–Trinajstić information content (AvgIpc) is 3.16. The van der Waals surface area contributed by atoms with Gasteiger partial charge in [-0.1, -0.05) is 93.5 Å². The lowest BCUT2D eigenvalue weighted by molar-refractivity contribution is -0.118. The van der Waals surface area contributed by atoms with Crippen LogP contribution < -0.4 is 5.73 Å². The van der Waals surface area contributed by atoms with Gasteiger partial charge in [0.15, 0.2) is 0 Å². The highest BCUT2D eigenvalue weighted by Gasteiger charge is 2.29. The number of benzene rings is 2. The Hall–Kier alpha value is -2.47. The number of carbonyl (C=O) groups is 2. The Labute approximate surface area is 209 Å². The number of nitrogens with zero attached hydrogens (tertiary/aromatic N) is 1. The zero-order valence-electron chi connectivity index (χ0n) is 20.1. The van der Waals surface area contributed by atoms with Crippen LogP contribution in [0.5, 0.6) is 0 Å². The second-order valence-electron chi connectivity index (χ2n) is 9.10. The van der Waals surface area contributed by atoms with E-state index in [0.29, 0.717) is 6.54 Å². The summed E-state index contributed by atoms with van der Waals surface area (Å²) in [6.45, 7) is 0.624. The largest absolute Gasteiger partial charge is 0.448 e.